The molecule has 39 heavy (non-hydrogen) atoms. The van der Waals surface area contributed by atoms with Crippen molar-refractivity contribution in [3.63, 3.8) is 0 Å². The number of likely N-dealkylation sites (N-methyl/N-ethyl adjacent to an activating group) is 1. The van der Waals surface area contributed by atoms with Crippen molar-refractivity contribution in [3.05, 3.63) is 101 Å². The number of sulfonamides is 1. The van der Waals surface area contributed by atoms with Gasteiger partial charge in [0.1, 0.15) is 11.9 Å². The number of hydrogen-bond acceptors (Lipinski definition) is 4. The first-order chi connectivity index (χ1) is 18.5. The Hall–Kier alpha value is -3.27. The Kier molecular flexibility index (Phi) is 10.6. The van der Waals surface area contributed by atoms with Crippen LogP contribution in [0.2, 0.25) is 5.02 Å². The lowest BCUT2D eigenvalue weighted by atomic mass is 10.0. The molecular weight excluding hydrogens is 541 g/mol. The van der Waals surface area contributed by atoms with E-state index in [4.69, 9.17) is 11.6 Å². The summed E-state index contributed by atoms with van der Waals surface area (Å²) in [5, 5.41) is 3.30. The largest absolute Gasteiger partial charge is 0.352 e. The number of halogens is 2. The zero-order valence-corrected chi connectivity index (χ0v) is 23.8. The molecule has 0 spiro atoms. The molecule has 1 N–H and O–H groups in total. The Morgan fingerprint density at radius 2 is 1.59 bits per heavy atom. The van der Waals surface area contributed by atoms with Crippen molar-refractivity contribution in [2.45, 2.75) is 50.2 Å². The third-order valence-corrected chi connectivity index (χ3v) is 8.52. The Labute approximate surface area is 234 Å². The van der Waals surface area contributed by atoms with E-state index in [1.54, 1.807) is 6.07 Å². The van der Waals surface area contributed by atoms with Crippen LogP contribution in [0.1, 0.15) is 31.4 Å². The Morgan fingerprint density at radius 1 is 0.974 bits per heavy atom. The minimum Gasteiger partial charge on any atom is -0.352 e. The van der Waals surface area contributed by atoms with Gasteiger partial charge < -0.3 is 10.2 Å². The second kappa shape index (κ2) is 13.7. The first-order valence-corrected chi connectivity index (χ1v) is 14.4. The number of hydrogen-bond donors (Lipinski definition) is 1. The molecule has 0 unspecified atom stereocenters. The van der Waals surface area contributed by atoms with Gasteiger partial charge in [-0.2, -0.15) is 4.31 Å². The molecule has 0 aliphatic carbocycles. The number of rotatable bonds is 12. The summed E-state index contributed by atoms with van der Waals surface area (Å²) in [4.78, 5) is 28.6. The minimum atomic E-state index is -4.04. The van der Waals surface area contributed by atoms with Crippen LogP contribution in [0.15, 0.2) is 83.8 Å². The summed E-state index contributed by atoms with van der Waals surface area (Å²) in [5.74, 6) is -1.57. The third-order valence-electron chi connectivity index (χ3n) is 6.45. The Balaban J connectivity index is 1.99. The normalized spacial score (nSPS) is 13.1. The molecule has 7 nitrogen and oxygen atoms in total. The van der Waals surface area contributed by atoms with Crippen LogP contribution in [0.5, 0.6) is 0 Å². The van der Waals surface area contributed by atoms with E-state index in [1.807, 2.05) is 44.2 Å². The average Bonchev–Trinajstić information content (AvgIpc) is 2.92. The highest BCUT2D eigenvalue weighted by atomic mass is 35.5. The van der Waals surface area contributed by atoms with E-state index in [9.17, 15) is 22.4 Å². The molecule has 3 aromatic carbocycles. The zero-order chi connectivity index (χ0) is 28.6. The van der Waals surface area contributed by atoms with Crippen molar-refractivity contribution >= 4 is 33.4 Å². The molecule has 3 aromatic rings. The van der Waals surface area contributed by atoms with E-state index >= 15 is 0 Å². The van der Waals surface area contributed by atoms with Crippen LogP contribution in [0.3, 0.4) is 0 Å². The van der Waals surface area contributed by atoms with Gasteiger partial charge in [-0.25, -0.2) is 12.8 Å². The second-order valence-corrected chi connectivity index (χ2v) is 11.8. The predicted octanol–water partition coefficient (Wildman–Crippen LogP) is 4.65. The van der Waals surface area contributed by atoms with Gasteiger partial charge in [-0.1, -0.05) is 67.1 Å². The number of amides is 2. The van der Waals surface area contributed by atoms with E-state index in [0.29, 0.717) is 11.4 Å². The van der Waals surface area contributed by atoms with Crippen LogP contribution in [0.25, 0.3) is 0 Å². The van der Waals surface area contributed by atoms with Crippen LogP contribution in [0.4, 0.5) is 4.39 Å². The lowest BCUT2D eigenvalue weighted by molar-refractivity contribution is -0.141. The number of nitrogens with one attached hydrogen (secondary N) is 1. The SMILES string of the molecule is CC[C@H](C)NC(=O)[C@H](Cc1ccccc1)N(Cc1ccccc1F)C(=O)CN(C)S(=O)(=O)c1ccc(Cl)cc1. The Morgan fingerprint density at radius 3 is 2.21 bits per heavy atom. The van der Waals surface area contributed by atoms with Gasteiger partial charge >= 0.3 is 0 Å². The smallest absolute Gasteiger partial charge is 0.243 e. The highest BCUT2D eigenvalue weighted by Gasteiger charge is 2.33. The minimum absolute atomic E-state index is 0.0294. The van der Waals surface area contributed by atoms with Gasteiger partial charge in [0.25, 0.3) is 0 Å². The molecule has 0 bridgehead atoms. The molecule has 10 heteroatoms. The molecular formula is C29H33ClFN3O4S. The van der Waals surface area contributed by atoms with Gasteiger partial charge in [-0.05, 0) is 49.2 Å². The molecule has 0 radical (unpaired) electrons. The first kappa shape index (κ1) is 30.3. The maximum absolute atomic E-state index is 14.7. The van der Waals surface area contributed by atoms with E-state index in [1.165, 1.54) is 54.4 Å². The highest BCUT2D eigenvalue weighted by molar-refractivity contribution is 7.89. The molecule has 0 saturated heterocycles. The number of benzene rings is 3. The fourth-order valence-electron chi connectivity index (χ4n) is 3.96. The lowest BCUT2D eigenvalue weighted by Gasteiger charge is -2.33. The summed E-state index contributed by atoms with van der Waals surface area (Å²) >= 11 is 5.90. The van der Waals surface area contributed by atoms with Crippen LogP contribution in [-0.4, -0.2) is 55.1 Å². The molecule has 0 aliphatic heterocycles. The molecule has 0 aromatic heterocycles. The maximum atomic E-state index is 14.7. The van der Waals surface area contributed by atoms with Crippen LogP contribution < -0.4 is 5.32 Å². The number of carbonyl (C=O) groups is 2. The van der Waals surface area contributed by atoms with Crippen molar-refractivity contribution in [3.8, 4) is 0 Å². The van der Waals surface area contributed by atoms with Crippen LogP contribution in [-0.2, 0) is 32.6 Å². The van der Waals surface area contributed by atoms with E-state index < -0.39 is 40.2 Å². The fraction of sp³-hybridized carbons (Fsp3) is 0.310. The topological polar surface area (TPSA) is 86.8 Å². The van der Waals surface area contributed by atoms with E-state index in [0.717, 1.165) is 9.87 Å². The first-order valence-electron chi connectivity index (χ1n) is 12.6. The molecule has 0 saturated carbocycles. The molecule has 0 heterocycles. The van der Waals surface area contributed by atoms with Gasteiger partial charge in [0, 0.05) is 36.6 Å². The van der Waals surface area contributed by atoms with Crippen LogP contribution in [0, 0.1) is 5.82 Å². The van der Waals surface area contributed by atoms with Gasteiger partial charge in [0.15, 0.2) is 0 Å². The molecule has 2 atom stereocenters. The molecule has 0 aliphatic rings. The molecule has 0 fully saturated rings. The van der Waals surface area contributed by atoms with Crippen LogP contribution >= 0.6 is 11.6 Å². The summed E-state index contributed by atoms with van der Waals surface area (Å²) in [7, 11) is -2.75. The van der Waals surface area contributed by atoms with Crippen molar-refractivity contribution in [2.24, 2.45) is 0 Å². The van der Waals surface area contributed by atoms with Gasteiger partial charge in [0.05, 0.1) is 11.4 Å². The summed E-state index contributed by atoms with van der Waals surface area (Å²) in [6.07, 6.45) is 0.837. The van der Waals surface area contributed by atoms with Gasteiger partial charge in [0.2, 0.25) is 21.8 Å². The van der Waals surface area contributed by atoms with Gasteiger partial charge in [-0.3, -0.25) is 9.59 Å². The standard InChI is InChI=1S/C29H33ClFN3O4S/c1-4-21(2)32-29(36)27(18-22-10-6-5-7-11-22)34(19-23-12-8-9-13-26(23)31)28(35)20-33(3)39(37,38)25-16-14-24(30)15-17-25/h5-17,21,27H,4,18-20H2,1-3H3,(H,32,36)/t21-,27-/m0/s1. The average molecular weight is 574 g/mol. The maximum Gasteiger partial charge on any atom is 0.243 e. The fourth-order valence-corrected chi connectivity index (χ4v) is 5.20. The third kappa shape index (κ3) is 8.11. The quantitative estimate of drug-likeness (QED) is 0.342. The second-order valence-electron chi connectivity index (χ2n) is 9.35. The van der Waals surface area contributed by atoms with Gasteiger partial charge in [-0.15, -0.1) is 0 Å². The summed E-state index contributed by atoms with van der Waals surface area (Å²) in [6, 6.07) is 19.6. The summed E-state index contributed by atoms with van der Waals surface area (Å²) in [6.45, 7) is 3.01. The van der Waals surface area contributed by atoms with E-state index in [2.05, 4.69) is 5.32 Å². The monoisotopic (exact) mass is 573 g/mol. The van der Waals surface area contributed by atoms with Crippen molar-refractivity contribution in [1.82, 2.24) is 14.5 Å². The van der Waals surface area contributed by atoms with Crippen molar-refractivity contribution < 1.29 is 22.4 Å². The predicted molar refractivity (Wildman–Crippen MR) is 150 cm³/mol. The highest BCUT2D eigenvalue weighted by Crippen LogP contribution is 2.20. The number of carbonyl (C=O) groups excluding carboxylic acids is 2. The molecule has 208 valence electrons. The van der Waals surface area contributed by atoms with E-state index in [-0.39, 0.29) is 29.5 Å². The summed E-state index contributed by atoms with van der Waals surface area (Å²) in [5.41, 5.74) is 1.01. The molecule has 3 rings (SSSR count). The van der Waals surface area contributed by atoms with Crippen molar-refractivity contribution in [1.29, 1.82) is 0 Å². The number of nitrogens with zero attached hydrogens (tertiary/aromatic N) is 2. The molecule has 2 amide bonds. The van der Waals surface area contributed by atoms with Crippen molar-refractivity contribution in [2.75, 3.05) is 13.6 Å². The summed E-state index contributed by atoms with van der Waals surface area (Å²) < 4.78 is 42.0. The lowest BCUT2D eigenvalue weighted by Crippen LogP contribution is -2.54. The zero-order valence-electron chi connectivity index (χ0n) is 22.2. The Bertz CT molecular complexity index is 1370.